The van der Waals surface area contributed by atoms with Crippen LogP contribution < -0.4 is 5.43 Å². The number of amides is 2. The van der Waals surface area contributed by atoms with Crippen molar-refractivity contribution in [1.29, 1.82) is 0 Å². The Morgan fingerprint density at radius 1 is 1.00 bits per heavy atom. The lowest BCUT2D eigenvalue weighted by Gasteiger charge is -2.15. The quantitative estimate of drug-likeness (QED) is 0.520. The summed E-state index contributed by atoms with van der Waals surface area (Å²) in [6.45, 7) is 0. The second kappa shape index (κ2) is 7.96. The minimum Gasteiger partial charge on any atom is -0.273 e. The molecule has 4 nitrogen and oxygen atoms in total. The second-order valence-electron chi connectivity index (χ2n) is 6.28. The smallest absolute Gasteiger partial charge is 0.273 e. The number of carbonyl (C=O) groups excluding carboxylic acids is 2. The van der Waals surface area contributed by atoms with E-state index in [1.54, 1.807) is 0 Å². The Hall–Kier alpha value is -2.96. The molecule has 0 aromatic heterocycles. The number of fused-ring (bicyclic) bond motifs is 1. The van der Waals surface area contributed by atoms with Gasteiger partial charge < -0.3 is 0 Å². The van der Waals surface area contributed by atoms with Crippen molar-refractivity contribution in [3.05, 3.63) is 88.8 Å². The zero-order chi connectivity index (χ0) is 19.5. The van der Waals surface area contributed by atoms with Crippen LogP contribution in [0.25, 0.3) is 16.8 Å². The van der Waals surface area contributed by atoms with Crippen LogP contribution in [0.3, 0.4) is 0 Å². The van der Waals surface area contributed by atoms with Gasteiger partial charge in [0.05, 0.1) is 11.3 Å². The molecular formula is C22H16N2O2S2. The fourth-order valence-electron chi connectivity index (χ4n) is 3.03. The maximum absolute atomic E-state index is 12.8. The molecule has 0 bridgehead atoms. The van der Waals surface area contributed by atoms with E-state index in [9.17, 15) is 9.59 Å². The van der Waals surface area contributed by atoms with E-state index in [1.165, 1.54) is 11.8 Å². The molecule has 3 aromatic carbocycles. The Morgan fingerprint density at radius 2 is 1.71 bits per heavy atom. The molecule has 1 aliphatic rings. The van der Waals surface area contributed by atoms with Gasteiger partial charge in [0.1, 0.15) is 0 Å². The van der Waals surface area contributed by atoms with Gasteiger partial charge >= 0.3 is 0 Å². The number of hydrogen-bond acceptors (Lipinski definition) is 4. The van der Waals surface area contributed by atoms with Gasteiger partial charge in [-0.05, 0) is 40.2 Å². The summed E-state index contributed by atoms with van der Waals surface area (Å²) in [5.74, 6) is -0.599. The van der Waals surface area contributed by atoms with E-state index in [-0.39, 0.29) is 18.2 Å². The number of nitrogens with one attached hydrogen (secondary N) is 1. The molecule has 138 valence electrons. The van der Waals surface area contributed by atoms with E-state index in [0.717, 1.165) is 26.9 Å². The van der Waals surface area contributed by atoms with Crippen LogP contribution in [-0.4, -0.2) is 21.1 Å². The number of benzene rings is 3. The summed E-state index contributed by atoms with van der Waals surface area (Å²) in [6.07, 6.45) is 2.01. The number of rotatable bonds is 4. The van der Waals surface area contributed by atoms with Gasteiger partial charge in [0.2, 0.25) is 5.91 Å². The van der Waals surface area contributed by atoms with Crippen LogP contribution >= 0.6 is 24.0 Å². The number of nitrogens with zero attached hydrogens (tertiary/aromatic N) is 1. The molecule has 2 amide bonds. The molecule has 28 heavy (non-hydrogen) atoms. The average Bonchev–Trinajstić information content (AvgIpc) is 2.96. The first-order valence-corrected chi connectivity index (χ1v) is 9.93. The third-order valence-corrected chi connectivity index (χ3v) is 5.65. The van der Waals surface area contributed by atoms with E-state index in [1.807, 2.05) is 78.9 Å². The summed E-state index contributed by atoms with van der Waals surface area (Å²) in [6, 6.07) is 23.3. The topological polar surface area (TPSA) is 49.4 Å². The largest absolute Gasteiger partial charge is 0.285 e. The lowest BCUT2D eigenvalue weighted by molar-refractivity contribution is -0.132. The van der Waals surface area contributed by atoms with E-state index in [2.05, 4.69) is 5.43 Å². The fourth-order valence-corrected chi connectivity index (χ4v) is 4.20. The van der Waals surface area contributed by atoms with Crippen molar-refractivity contribution in [2.24, 2.45) is 0 Å². The van der Waals surface area contributed by atoms with Gasteiger partial charge in [0, 0.05) is 0 Å². The van der Waals surface area contributed by atoms with Crippen molar-refractivity contribution in [2.75, 3.05) is 0 Å². The fraction of sp³-hybridized carbons (Fsp3) is 0.0455. The van der Waals surface area contributed by atoms with Crippen LogP contribution in [0.15, 0.2) is 77.7 Å². The summed E-state index contributed by atoms with van der Waals surface area (Å²) >= 11 is 6.49. The summed E-state index contributed by atoms with van der Waals surface area (Å²) in [4.78, 5) is 25.6. The van der Waals surface area contributed by atoms with Crippen molar-refractivity contribution < 1.29 is 9.59 Å². The average molecular weight is 405 g/mol. The van der Waals surface area contributed by atoms with Crippen LogP contribution in [0.4, 0.5) is 0 Å². The Balaban J connectivity index is 1.53. The van der Waals surface area contributed by atoms with Crippen molar-refractivity contribution in [3.8, 4) is 0 Å². The van der Waals surface area contributed by atoms with Crippen molar-refractivity contribution in [1.82, 2.24) is 10.4 Å². The zero-order valence-electron chi connectivity index (χ0n) is 14.8. The highest BCUT2D eigenvalue weighted by Crippen LogP contribution is 2.32. The molecule has 0 unspecified atom stereocenters. The van der Waals surface area contributed by atoms with Gasteiger partial charge in [-0.15, -0.1) is 0 Å². The molecule has 6 heteroatoms. The summed E-state index contributed by atoms with van der Waals surface area (Å²) in [5, 5.41) is 3.31. The third-order valence-electron chi connectivity index (χ3n) is 4.35. The molecule has 0 saturated carbocycles. The van der Waals surface area contributed by atoms with E-state index in [4.69, 9.17) is 12.2 Å². The maximum Gasteiger partial charge on any atom is 0.285 e. The molecule has 4 rings (SSSR count). The summed E-state index contributed by atoms with van der Waals surface area (Å²) in [5.41, 5.74) is 4.43. The molecular weight excluding hydrogens is 388 g/mol. The van der Waals surface area contributed by atoms with Gasteiger partial charge in [0.15, 0.2) is 4.32 Å². The van der Waals surface area contributed by atoms with Gasteiger partial charge in [-0.2, -0.15) is 5.01 Å². The maximum atomic E-state index is 12.8. The SMILES string of the molecule is O=C(Cc1ccccc1)NN1C(=O)/C(=C/c2cccc3ccccc23)SC1=S. The Morgan fingerprint density at radius 3 is 2.54 bits per heavy atom. The highest BCUT2D eigenvalue weighted by atomic mass is 32.2. The molecule has 1 saturated heterocycles. The zero-order valence-corrected chi connectivity index (χ0v) is 16.4. The van der Waals surface area contributed by atoms with E-state index < -0.39 is 0 Å². The van der Waals surface area contributed by atoms with Crippen LogP contribution in [0, 0.1) is 0 Å². The molecule has 1 aliphatic heterocycles. The monoisotopic (exact) mass is 404 g/mol. The lowest BCUT2D eigenvalue weighted by atomic mass is 10.0. The van der Waals surface area contributed by atoms with Crippen LogP contribution in [0.1, 0.15) is 11.1 Å². The van der Waals surface area contributed by atoms with Gasteiger partial charge in [-0.1, -0.05) is 84.6 Å². The van der Waals surface area contributed by atoms with Crippen molar-refractivity contribution >= 4 is 57.0 Å². The Kier molecular flexibility index (Phi) is 5.23. The predicted octanol–water partition coefficient (Wildman–Crippen LogP) is 4.31. The number of hydrazine groups is 1. The molecule has 1 heterocycles. The lowest BCUT2D eigenvalue weighted by Crippen LogP contribution is -2.45. The molecule has 0 aliphatic carbocycles. The number of carbonyl (C=O) groups is 2. The summed E-state index contributed by atoms with van der Waals surface area (Å²) < 4.78 is 0.317. The first-order valence-electron chi connectivity index (χ1n) is 8.71. The number of hydrogen-bond donors (Lipinski definition) is 1. The number of thiocarbonyl (C=S) groups is 1. The van der Waals surface area contributed by atoms with Crippen LogP contribution in [-0.2, 0) is 16.0 Å². The minimum atomic E-state index is -0.315. The molecule has 0 spiro atoms. The van der Waals surface area contributed by atoms with E-state index in [0.29, 0.717) is 9.23 Å². The standard InChI is InChI=1S/C22H16N2O2S2/c25-20(13-15-7-2-1-3-8-15)23-24-21(26)19(28-22(24)27)14-17-11-6-10-16-9-4-5-12-18(16)17/h1-12,14H,13H2,(H,23,25)/b19-14-. The molecule has 0 radical (unpaired) electrons. The minimum absolute atomic E-state index is 0.181. The van der Waals surface area contributed by atoms with Gasteiger partial charge in [-0.3, -0.25) is 15.0 Å². The highest BCUT2D eigenvalue weighted by Gasteiger charge is 2.33. The van der Waals surface area contributed by atoms with Gasteiger partial charge in [0.25, 0.3) is 5.91 Å². The van der Waals surface area contributed by atoms with E-state index >= 15 is 0 Å². The molecule has 1 N–H and O–H groups in total. The highest BCUT2D eigenvalue weighted by molar-refractivity contribution is 8.26. The molecule has 0 atom stereocenters. The van der Waals surface area contributed by atoms with Gasteiger partial charge in [-0.25, -0.2) is 0 Å². The second-order valence-corrected chi connectivity index (χ2v) is 7.96. The Bertz CT molecular complexity index is 1100. The normalized spacial score (nSPS) is 15.4. The predicted molar refractivity (Wildman–Crippen MR) is 117 cm³/mol. The summed E-state index contributed by atoms with van der Waals surface area (Å²) in [7, 11) is 0. The van der Waals surface area contributed by atoms with Crippen LogP contribution in [0.2, 0.25) is 0 Å². The molecule has 3 aromatic rings. The molecule has 1 fully saturated rings. The Labute approximate surface area is 172 Å². The first-order chi connectivity index (χ1) is 13.6. The van der Waals surface area contributed by atoms with Crippen LogP contribution in [0.5, 0.6) is 0 Å². The van der Waals surface area contributed by atoms with Crippen molar-refractivity contribution in [3.63, 3.8) is 0 Å². The van der Waals surface area contributed by atoms with Crippen molar-refractivity contribution in [2.45, 2.75) is 6.42 Å². The number of thioether (sulfide) groups is 1. The first kappa shape index (κ1) is 18.4. The third kappa shape index (κ3) is 3.83.